The lowest BCUT2D eigenvalue weighted by Crippen LogP contribution is -2.48. The molecule has 4 rings (SSSR count). The van der Waals surface area contributed by atoms with Gasteiger partial charge in [0.2, 0.25) is 11.6 Å². The number of nitrogens with zero attached hydrogens (tertiary/aromatic N) is 2. The Morgan fingerprint density at radius 1 is 0.862 bits per heavy atom. The molecule has 1 fully saturated rings. The molecule has 0 saturated carbocycles. The molecule has 0 bridgehead atoms. The predicted molar refractivity (Wildman–Crippen MR) is 110 cm³/mol. The van der Waals surface area contributed by atoms with E-state index in [4.69, 9.17) is 0 Å². The van der Waals surface area contributed by atoms with E-state index in [-0.39, 0.29) is 17.3 Å². The number of hydrogen-bond donors (Lipinski definition) is 1. The van der Waals surface area contributed by atoms with E-state index >= 15 is 0 Å². The quantitative estimate of drug-likeness (QED) is 0.872. The number of Topliss-reactive ketones (excluding diaryl/α,β-unsaturated/α-hetero) is 2. The van der Waals surface area contributed by atoms with Crippen LogP contribution in [0.2, 0.25) is 0 Å². The number of nitrogens with one attached hydrogen (secondary N) is 1. The van der Waals surface area contributed by atoms with Crippen LogP contribution >= 0.6 is 0 Å². The van der Waals surface area contributed by atoms with Crippen molar-refractivity contribution >= 4 is 17.5 Å². The van der Waals surface area contributed by atoms with Gasteiger partial charge in [-0.05, 0) is 26.1 Å². The van der Waals surface area contributed by atoms with E-state index in [1.165, 1.54) is 0 Å². The number of piperazine rings is 1. The molecule has 0 radical (unpaired) electrons. The maximum atomic E-state index is 13.3. The third kappa shape index (κ3) is 3.59. The SMILES string of the molecule is Cc1ccc(C(=O)NC2=C(N3CCN(C)CC3)C(=O)c3ccccc3C2=O)cc1. The number of carbonyl (C=O) groups is 3. The van der Waals surface area contributed by atoms with Crippen LogP contribution in [0.1, 0.15) is 36.6 Å². The van der Waals surface area contributed by atoms with Crippen LogP contribution in [0.4, 0.5) is 0 Å². The topological polar surface area (TPSA) is 69.7 Å². The van der Waals surface area contributed by atoms with Gasteiger partial charge in [0, 0.05) is 42.9 Å². The molecule has 6 heteroatoms. The zero-order valence-electron chi connectivity index (χ0n) is 16.6. The van der Waals surface area contributed by atoms with Gasteiger partial charge in [0.15, 0.2) is 0 Å². The lowest BCUT2D eigenvalue weighted by Gasteiger charge is -2.37. The van der Waals surface area contributed by atoms with E-state index in [0.717, 1.165) is 18.7 Å². The Morgan fingerprint density at radius 3 is 2.07 bits per heavy atom. The van der Waals surface area contributed by atoms with Gasteiger partial charge >= 0.3 is 0 Å². The smallest absolute Gasteiger partial charge is 0.255 e. The average molecular weight is 389 g/mol. The van der Waals surface area contributed by atoms with Crippen molar-refractivity contribution in [1.82, 2.24) is 15.1 Å². The van der Waals surface area contributed by atoms with Gasteiger partial charge < -0.3 is 15.1 Å². The van der Waals surface area contributed by atoms with E-state index < -0.39 is 5.91 Å². The number of aryl methyl sites for hydroxylation is 1. The Morgan fingerprint density at radius 2 is 1.45 bits per heavy atom. The first-order valence-corrected chi connectivity index (χ1v) is 9.70. The van der Waals surface area contributed by atoms with Gasteiger partial charge in [0.05, 0.1) is 0 Å². The van der Waals surface area contributed by atoms with Crippen LogP contribution in [0.5, 0.6) is 0 Å². The third-order valence-electron chi connectivity index (χ3n) is 5.47. The molecule has 1 N–H and O–H groups in total. The molecule has 6 nitrogen and oxygen atoms in total. The van der Waals surface area contributed by atoms with Gasteiger partial charge in [-0.1, -0.05) is 42.0 Å². The largest absolute Gasteiger partial charge is 0.364 e. The molecule has 0 aromatic heterocycles. The first kappa shape index (κ1) is 19.1. The molecular formula is C23H23N3O3. The maximum absolute atomic E-state index is 13.3. The lowest BCUT2D eigenvalue weighted by atomic mass is 9.89. The second kappa shape index (κ2) is 7.64. The summed E-state index contributed by atoms with van der Waals surface area (Å²) in [7, 11) is 2.02. The molecule has 1 aliphatic heterocycles. The normalized spacial score (nSPS) is 17.4. The molecule has 0 spiro atoms. The maximum Gasteiger partial charge on any atom is 0.255 e. The summed E-state index contributed by atoms with van der Waals surface area (Å²) in [6.07, 6.45) is 0. The minimum Gasteiger partial charge on any atom is -0.364 e. The first-order valence-electron chi connectivity index (χ1n) is 9.70. The summed E-state index contributed by atoms with van der Waals surface area (Å²) in [5.74, 6) is -0.939. The monoisotopic (exact) mass is 389 g/mol. The van der Waals surface area contributed by atoms with Gasteiger partial charge in [0.25, 0.3) is 5.91 Å². The van der Waals surface area contributed by atoms with Crippen LogP contribution in [0.3, 0.4) is 0 Å². The molecule has 2 aliphatic rings. The van der Waals surface area contributed by atoms with Gasteiger partial charge in [-0.25, -0.2) is 0 Å². The molecule has 0 atom stereocenters. The van der Waals surface area contributed by atoms with Gasteiger partial charge in [-0.3, -0.25) is 14.4 Å². The van der Waals surface area contributed by atoms with Crippen molar-refractivity contribution in [1.29, 1.82) is 0 Å². The summed E-state index contributed by atoms with van der Waals surface area (Å²) in [6, 6.07) is 13.9. The number of carbonyl (C=O) groups excluding carboxylic acids is 3. The summed E-state index contributed by atoms with van der Waals surface area (Å²) in [6.45, 7) is 4.75. The fourth-order valence-electron chi connectivity index (χ4n) is 3.70. The molecule has 148 valence electrons. The van der Waals surface area contributed by atoms with Gasteiger partial charge in [-0.15, -0.1) is 0 Å². The fraction of sp³-hybridized carbons (Fsp3) is 0.261. The highest BCUT2D eigenvalue weighted by atomic mass is 16.2. The molecule has 1 saturated heterocycles. The van der Waals surface area contributed by atoms with Gasteiger partial charge in [-0.2, -0.15) is 0 Å². The van der Waals surface area contributed by atoms with Crippen molar-refractivity contribution in [3.8, 4) is 0 Å². The van der Waals surface area contributed by atoms with Crippen molar-refractivity contribution in [3.63, 3.8) is 0 Å². The van der Waals surface area contributed by atoms with E-state index in [0.29, 0.717) is 35.5 Å². The van der Waals surface area contributed by atoms with Crippen LogP contribution < -0.4 is 5.32 Å². The summed E-state index contributed by atoms with van der Waals surface area (Å²) in [4.78, 5) is 43.5. The van der Waals surface area contributed by atoms with Crippen LogP contribution in [-0.2, 0) is 0 Å². The fourth-order valence-corrected chi connectivity index (χ4v) is 3.70. The Kier molecular flexibility index (Phi) is 5.03. The Labute approximate surface area is 169 Å². The van der Waals surface area contributed by atoms with Crippen LogP contribution in [0, 0.1) is 6.92 Å². The predicted octanol–water partition coefficient (Wildman–Crippen LogP) is 2.26. The van der Waals surface area contributed by atoms with Crippen LogP contribution in [0.25, 0.3) is 0 Å². The number of benzene rings is 2. The number of fused-ring (bicyclic) bond motifs is 1. The number of amides is 1. The zero-order valence-corrected chi connectivity index (χ0v) is 16.6. The second-order valence-electron chi connectivity index (χ2n) is 7.54. The number of rotatable bonds is 3. The molecule has 29 heavy (non-hydrogen) atoms. The Bertz CT molecular complexity index is 1020. The average Bonchev–Trinajstić information content (AvgIpc) is 2.73. The van der Waals surface area contributed by atoms with Crippen molar-refractivity contribution in [3.05, 3.63) is 82.2 Å². The summed E-state index contributed by atoms with van der Waals surface area (Å²) in [5.41, 5.74) is 2.57. The Hall–Kier alpha value is -3.25. The van der Waals surface area contributed by atoms with E-state index in [1.807, 2.05) is 31.0 Å². The van der Waals surface area contributed by atoms with E-state index in [1.54, 1.807) is 36.4 Å². The molecule has 1 amide bonds. The van der Waals surface area contributed by atoms with Crippen LogP contribution in [0.15, 0.2) is 59.9 Å². The van der Waals surface area contributed by atoms with E-state index in [9.17, 15) is 14.4 Å². The molecule has 1 heterocycles. The van der Waals surface area contributed by atoms with E-state index in [2.05, 4.69) is 10.2 Å². The number of ketones is 2. The number of likely N-dealkylation sites (N-methyl/N-ethyl adjacent to an activating group) is 1. The highest BCUT2D eigenvalue weighted by Crippen LogP contribution is 2.28. The number of hydrogen-bond acceptors (Lipinski definition) is 5. The summed E-state index contributed by atoms with van der Waals surface area (Å²) in [5, 5.41) is 2.75. The molecule has 2 aromatic carbocycles. The first-order chi connectivity index (χ1) is 14.0. The molecule has 0 unspecified atom stereocenters. The van der Waals surface area contributed by atoms with Crippen molar-refractivity contribution in [2.45, 2.75) is 6.92 Å². The minimum atomic E-state index is -0.396. The van der Waals surface area contributed by atoms with Crippen molar-refractivity contribution in [2.24, 2.45) is 0 Å². The number of allylic oxidation sites excluding steroid dienone is 2. The Balaban J connectivity index is 1.75. The lowest BCUT2D eigenvalue weighted by molar-refractivity contribution is 0.0885. The van der Waals surface area contributed by atoms with Crippen molar-refractivity contribution in [2.75, 3.05) is 33.2 Å². The second-order valence-corrected chi connectivity index (χ2v) is 7.54. The summed E-state index contributed by atoms with van der Waals surface area (Å²) < 4.78 is 0. The third-order valence-corrected chi connectivity index (χ3v) is 5.47. The molecule has 1 aliphatic carbocycles. The zero-order chi connectivity index (χ0) is 20.5. The highest BCUT2D eigenvalue weighted by molar-refractivity contribution is 6.27. The molecule has 2 aromatic rings. The summed E-state index contributed by atoms with van der Waals surface area (Å²) >= 11 is 0. The molecular weight excluding hydrogens is 366 g/mol. The van der Waals surface area contributed by atoms with Gasteiger partial charge in [0.1, 0.15) is 11.4 Å². The standard InChI is InChI=1S/C23H23N3O3/c1-15-7-9-16(10-8-15)23(29)24-19-20(26-13-11-25(2)12-14-26)22(28)18-6-4-3-5-17(18)21(19)27/h3-10H,11-14H2,1-2H3,(H,24,29). The minimum absolute atomic E-state index is 0.0730. The highest BCUT2D eigenvalue weighted by Gasteiger charge is 2.36. The van der Waals surface area contributed by atoms with Crippen LogP contribution in [-0.4, -0.2) is 60.5 Å². The van der Waals surface area contributed by atoms with Crippen molar-refractivity contribution < 1.29 is 14.4 Å².